The van der Waals surface area contributed by atoms with Crippen LogP contribution in [0.1, 0.15) is 42.1 Å². The second kappa shape index (κ2) is 7.19. The number of benzene rings is 1. The van der Waals surface area contributed by atoms with Gasteiger partial charge in [0.05, 0.1) is 16.2 Å². The zero-order chi connectivity index (χ0) is 19.6. The zero-order valence-corrected chi connectivity index (χ0v) is 14.8. The van der Waals surface area contributed by atoms with Crippen molar-refractivity contribution in [1.82, 2.24) is 4.57 Å². The normalized spacial score (nSPS) is 11.1. The van der Waals surface area contributed by atoms with E-state index in [4.69, 9.17) is 0 Å². The molecule has 0 fully saturated rings. The van der Waals surface area contributed by atoms with Crippen molar-refractivity contribution in [2.75, 3.05) is 0 Å². The quantitative estimate of drug-likeness (QED) is 0.513. The van der Waals surface area contributed by atoms with Gasteiger partial charge in [0.25, 0.3) is 11.2 Å². The van der Waals surface area contributed by atoms with Gasteiger partial charge in [0.2, 0.25) is 5.88 Å². The molecule has 8 nitrogen and oxygen atoms in total. The van der Waals surface area contributed by atoms with E-state index in [2.05, 4.69) is 4.99 Å². The van der Waals surface area contributed by atoms with E-state index in [1.54, 1.807) is 27.7 Å². The fourth-order valence-electron chi connectivity index (χ4n) is 2.61. The first-order chi connectivity index (χ1) is 12.2. The average molecular weight is 354 g/mol. The number of hydrogen-bond donors (Lipinski definition) is 1. The van der Waals surface area contributed by atoms with Crippen molar-refractivity contribution in [2.24, 2.45) is 4.99 Å². The van der Waals surface area contributed by atoms with Crippen LogP contribution in [0.15, 0.2) is 28.0 Å². The number of aromatic nitrogens is 1. The van der Waals surface area contributed by atoms with Crippen molar-refractivity contribution in [3.8, 4) is 11.9 Å². The monoisotopic (exact) mass is 354 g/mol. The van der Waals surface area contributed by atoms with Crippen molar-refractivity contribution in [1.29, 1.82) is 5.26 Å². The minimum absolute atomic E-state index is 0.0411. The molecule has 2 rings (SSSR count). The summed E-state index contributed by atoms with van der Waals surface area (Å²) in [5, 5.41) is 30.6. The van der Waals surface area contributed by atoms with Gasteiger partial charge in [-0.1, -0.05) is 0 Å². The minimum Gasteiger partial charge on any atom is -0.494 e. The number of nitrogens with zero attached hydrogens (tertiary/aromatic N) is 4. The van der Waals surface area contributed by atoms with Crippen LogP contribution in [0.25, 0.3) is 0 Å². The predicted molar refractivity (Wildman–Crippen MR) is 97.3 cm³/mol. The van der Waals surface area contributed by atoms with Crippen LogP contribution in [-0.2, 0) is 0 Å². The molecule has 134 valence electrons. The predicted octanol–water partition coefficient (Wildman–Crippen LogP) is 3.28. The highest BCUT2D eigenvalue weighted by Crippen LogP contribution is 2.26. The molecule has 1 aromatic heterocycles. The Morgan fingerprint density at radius 2 is 2.04 bits per heavy atom. The third-order valence-corrected chi connectivity index (χ3v) is 4.03. The van der Waals surface area contributed by atoms with Crippen molar-refractivity contribution in [2.45, 2.75) is 33.7 Å². The third-order valence-electron chi connectivity index (χ3n) is 4.03. The van der Waals surface area contributed by atoms with E-state index in [1.807, 2.05) is 6.07 Å². The molecule has 0 aliphatic heterocycles. The zero-order valence-electron chi connectivity index (χ0n) is 14.8. The van der Waals surface area contributed by atoms with Crippen molar-refractivity contribution >= 4 is 17.6 Å². The lowest BCUT2D eigenvalue weighted by atomic mass is 10.1. The highest BCUT2D eigenvalue weighted by atomic mass is 16.6. The minimum atomic E-state index is -0.554. The van der Waals surface area contributed by atoms with E-state index in [0.29, 0.717) is 16.8 Å². The van der Waals surface area contributed by atoms with E-state index in [-0.39, 0.29) is 28.7 Å². The van der Waals surface area contributed by atoms with Gasteiger partial charge in [0.15, 0.2) is 0 Å². The molecule has 0 bridgehead atoms. The molecule has 0 aliphatic carbocycles. The lowest BCUT2D eigenvalue weighted by molar-refractivity contribution is -0.384. The summed E-state index contributed by atoms with van der Waals surface area (Å²) in [5.41, 5.74) is 1.00. The molecule has 26 heavy (non-hydrogen) atoms. The SMILES string of the molecule is Cc1cc([N+](=O)[O-])ccc1N=Cc1c(C)c(C#N)c(=O)n(C(C)C)c1O. The molecule has 0 atom stereocenters. The second-order valence-corrected chi connectivity index (χ2v) is 6.10. The molecule has 8 heteroatoms. The maximum atomic E-state index is 12.3. The maximum absolute atomic E-state index is 12.3. The number of non-ortho nitro benzene ring substituents is 1. The molecule has 1 N–H and O–H groups in total. The highest BCUT2D eigenvalue weighted by Gasteiger charge is 2.19. The van der Waals surface area contributed by atoms with E-state index < -0.39 is 10.5 Å². The van der Waals surface area contributed by atoms with Gasteiger partial charge in [0.1, 0.15) is 11.6 Å². The van der Waals surface area contributed by atoms with Crippen LogP contribution in [0, 0.1) is 35.3 Å². The molecule has 0 aliphatic rings. The molecule has 0 saturated heterocycles. The Balaban J connectivity index is 2.62. The lowest BCUT2D eigenvalue weighted by Crippen LogP contribution is -2.26. The summed E-state index contributed by atoms with van der Waals surface area (Å²) in [4.78, 5) is 26.9. The number of pyridine rings is 1. The molecule has 0 radical (unpaired) electrons. The molecular formula is C18H18N4O4. The summed E-state index contributed by atoms with van der Waals surface area (Å²) in [6, 6.07) is 5.76. The Hall–Kier alpha value is -3.47. The number of nitro groups is 1. The molecule has 1 aromatic carbocycles. The Morgan fingerprint density at radius 3 is 2.54 bits per heavy atom. The third kappa shape index (κ3) is 3.32. The molecule has 0 amide bonds. The van der Waals surface area contributed by atoms with E-state index >= 15 is 0 Å². The topological polar surface area (TPSA) is 122 Å². The molecule has 0 saturated carbocycles. The Bertz CT molecular complexity index is 1010. The summed E-state index contributed by atoms with van der Waals surface area (Å²) in [7, 11) is 0. The van der Waals surface area contributed by atoms with Crippen molar-refractivity contribution in [3.05, 3.63) is 60.9 Å². The maximum Gasteiger partial charge on any atom is 0.271 e. The lowest BCUT2D eigenvalue weighted by Gasteiger charge is -2.16. The summed E-state index contributed by atoms with van der Waals surface area (Å²) in [5.74, 6) is -0.273. The van der Waals surface area contributed by atoms with Crippen LogP contribution in [0.5, 0.6) is 5.88 Å². The second-order valence-electron chi connectivity index (χ2n) is 6.10. The summed E-state index contributed by atoms with van der Waals surface area (Å²) < 4.78 is 1.13. The molecular weight excluding hydrogens is 336 g/mol. The van der Waals surface area contributed by atoms with Crippen LogP contribution in [0.4, 0.5) is 11.4 Å². The van der Waals surface area contributed by atoms with Crippen molar-refractivity contribution in [3.63, 3.8) is 0 Å². The fraction of sp³-hybridized carbons (Fsp3) is 0.278. The van der Waals surface area contributed by atoms with Gasteiger partial charge in [-0.15, -0.1) is 0 Å². The van der Waals surface area contributed by atoms with Gasteiger partial charge in [0, 0.05) is 24.4 Å². The fourth-order valence-corrected chi connectivity index (χ4v) is 2.61. The number of hydrogen-bond acceptors (Lipinski definition) is 6. The number of nitro benzene ring substituents is 1. The number of rotatable bonds is 4. The van der Waals surface area contributed by atoms with E-state index in [1.165, 1.54) is 24.4 Å². The smallest absolute Gasteiger partial charge is 0.271 e. The molecule has 0 spiro atoms. The van der Waals surface area contributed by atoms with Gasteiger partial charge in [-0.25, -0.2) is 0 Å². The summed E-state index contributed by atoms with van der Waals surface area (Å²) in [6.45, 7) is 6.69. The van der Waals surface area contributed by atoms with Gasteiger partial charge in [-0.2, -0.15) is 5.26 Å². The number of aromatic hydroxyl groups is 1. The van der Waals surface area contributed by atoms with Crippen LogP contribution in [-0.4, -0.2) is 20.8 Å². The van der Waals surface area contributed by atoms with E-state index in [9.17, 15) is 25.3 Å². The standard InChI is InChI=1S/C18H18N4O4/c1-10(2)21-17(23)14(8-19)12(4)15(18(21)24)9-20-16-6-5-13(22(25)26)7-11(16)3/h5-7,9-10,24H,1-4H3. The van der Waals surface area contributed by atoms with Crippen molar-refractivity contribution < 1.29 is 10.0 Å². The van der Waals surface area contributed by atoms with Gasteiger partial charge in [-0.3, -0.25) is 24.5 Å². The van der Waals surface area contributed by atoms with Crippen LogP contribution in [0.3, 0.4) is 0 Å². The van der Waals surface area contributed by atoms with Gasteiger partial charge >= 0.3 is 0 Å². The number of aliphatic imine (C=N–C) groups is 1. The highest BCUT2D eigenvalue weighted by molar-refractivity contribution is 5.87. The largest absolute Gasteiger partial charge is 0.494 e. The molecule has 0 unspecified atom stereocenters. The Kier molecular flexibility index (Phi) is 5.22. The first-order valence-electron chi connectivity index (χ1n) is 7.86. The summed E-state index contributed by atoms with van der Waals surface area (Å²) >= 11 is 0. The average Bonchev–Trinajstić information content (AvgIpc) is 2.55. The van der Waals surface area contributed by atoms with Crippen LogP contribution >= 0.6 is 0 Å². The summed E-state index contributed by atoms with van der Waals surface area (Å²) in [6.07, 6.45) is 1.36. The molecule has 2 aromatic rings. The van der Waals surface area contributed by atoms with Gasteiger partial charge < -0.3 is 5.11 Å². The first kappa shape index (κ1) is 18.9. The van der Waals surface area contributed by atoms with Crippen LogP contribution in [0.2, 0.25) is 0 Å². The number of aryl methyl sites for hydroxylation is 1. The van der Waals surface area contributed by atoms with Gasteiger partial charge in [-0.05, 0) is 44.9 Å². The first-order valence-corrected chi connectivity index (χ1v) is 7.86. The molecule has 1 heterocycles. The van der Waals surface area contributed by atoms with Crippen LogP contribution < -0.4 is 5.56 Å². The Labute approximate surface area is 149 Å². The number of nitriles is 1. The Morgan fingerprint density at radius 1 is 1.38 bits per heavy atom. The van der Waals surface area contributed by atoms with E-state index in [0.717, 1.165) is 4.57 Å².